The van der Waals surface area contributed by atoms with E-state index in [9.17, 15) is 4.79 Å². The number of methoxy groups -OCH3 is 2. The molecule has 0 aliphatic carbocycles. The van der Waals surface area contributed by atoms with E-state index in [1.54, 1.807) is 43.2 Å². The highest BCUT2D eigenvalue weighted by Gasteiger charge is 2.16. The predicted molar refractivity (Wildman–Crippen MR) is 115 cm³/mol. The van der Waals surface area contributed by atoms with Crippen LogP contribution in [0.4, 0.5) is 0 Å². The molecule has 4 aromatic rings. The first-order valence-corrected chi connectivity index (χ1v) is 9.93. The molecule has 0 spiro atoms. The third-order valence-electron chi connectivity index (χ3n) is 4.97. The summed E-state index contributed by atoms with van der Waals surface area (Å²) >= 11 is 0. The average molecular weight is 437 g/mol. The summed E-state index contributed by atoms with van der Waals surface area (Å²) in [7, 11) is 4.63. The fraction of sp³-hybridized carbons (Fsp3) is 0.286. The fourth-order valence-electron chi connectivity index (χ4n) is 3.30. The molecule has 3 heterocycles. The van der Waals surface area contributed by atoms with Gasteiger partial charge in [0.05, 0.1) is 19.9 Å². The second kappa shape index (κ2) is 8.92. The quantitative estimate of drug-likeness (QED) is 0.410. The van der Waals surface area contributed by atoms with Crippen molar-refractivity contribution in [3.05, 3.63) is 64.2 Å². The van der Waals surface area contributed by atoms with Crippen molar-refractivity contribution in [1.29, 1.82) is 0 Å². The van der Waals surface area contributed by atoms with E-state index < -0.39 is 0 Å². The summed E-state index contributed by atoms with van der Waals surface area (Å²) in [5, 5.41) is 12.2. The Morgan fingerprint density at radius 3 is 2.50 bits per heavy atom. The number of hydrogen-bond donors (Lipinski definition) is 0. The number of aryl methyl sites for hydroxylation is 2. The molecule has 0 fully saturated rings. The Kier molecular flexibility index (Phi) is 5.88. The molecule has 0 radical (unpaired) electrons. The second-order valence-corrected chi connectivity index (χ2v) is 6.83. The SMILES string of the molecule is CCc1cccc(-n2nnn(C)c2=O)c1COc1ccn(-c2ccc(OC)nc2OC)n1. The lowest BCUT2D eigenvalue weighted by atomic mass is 10.0. The second-order valence-electron chi connectivity index (χ2n) is 6.83. The lowest BCUT2D eigenvalue weighted by Gasteiger charge is -2.13. The molecule has 3 aromatic heterocycles. The Morgan fingerprint density at radius 2 is 1.81 bits per heavy atom. The van der Waals surface area contributed by atoms with Crippen LogP contribution in [0.2, 0.25) is 0 Å². The molecule has 11 heteroatoms. The number of rotatable bonds is 8. The Morgan fingerprint density at radius 1 is 0.969 bits per heavy atom. The van der Waals surface area contributed by atoms with Gasteiger partial charge in [-0.3, -0.25) is 0 Å². The highest BCUT2D eigenvalue weighted by atomic mass is 16.5. The predicted octanol–water partition coefficient (Wildman–Crippen LogP) is 1.71. The van der Waals surface area contributed by atoms with Crippen molar-refractivity contribution in [1.82, 2.24) is 34.6 Å². The van der Waals surface area contributed by atoms with Crippen molar-refractivity contribution in [2.75, 3.05) is 14.2 Å². The molecule has 32 heavy (non-hydrogen) atoms. The van der Waals surface area contributed by atoms with Gasteiger partial charge in [0.25, 0.3) is 0 Å². The molecule has 0 aliphatic rings. The van der Waals surface area contributed by atoms with Gasteiger partial charge in [-0.1, -0.05) is 19.1 Å². The normalized spacial score (nSPS) is 10.9. The summed E-state index contributed by atoms with van der Waals surface area (Å²) < 4.78 is 20.5. The van der Waals surface area contributed by atoms with Crippen LogP contribution in [-0.2, 0) is 20.1 Å². The maximum atomic E-state index is 12.4. The number of benzene rings is 1. The van der Waals surface area contributed by atoms with Gasteiger partial charge >= 0.3 is 5.69 Å². The number of hydrogen-bond acceptors (Lipinski definition) is 8. The number of nitrogens with zero attached hydrogens (tertiary/aromatic N) is 7. The van der Waals surface area contributed by atoms with Crippen LogP contribution in [0.25, 0.3) is 11.4 Å². The maximum absolute atomic E-state index is 12.4. The van der Waals surface area contributed by atoms with Crippen molar-refractivity contribution in [2.45, 2.75) is 20.0 Å². The first-order valence-electron chi connectivity index (χ1n) is 9.93. The van der Waals surface area contributed by atoms with Crippen LogP contribution in [0.15, 0.2) is 47.4 Å². The Labute approximate surface area is 183 Å². The van der Waals surface area contributed by atoms with Gasteiger partial charge in [0.2, 0.25) is 17.6 Å². The van der Waals surface area contributed by atoms with Gasteiger partial charge in [-0.2, -0.15) is 14.3 Å². The molecule has 0 amide bonds. The Hall–Kier alpha value is -4.15. The van der Waals surface area contributed by atoms with Crippen molar-refractivity contribution >= 4 is 0 Å². The Balaban J connectivity index is 1.61. The van der Waals surface area contributed by atoms with Crippen LogP contribution in [0.1, 0.15) is 18.1 Å². The first-order chi connectivity index (χ1) is 15.5. The standard InChI is InChI=1S/C21H23N7O4/c1-5-14-7-6-8-16(28-21(29)26(2)24-25-28)15(14)13-32-19-11-12-27(23-19)17-9-10-18(30-3)22-20(17)31-4/h6-12H,5,13H2,1-4H3. The van der Waals surface area contributed by atoms with Crippen LogP contribution in [0, 0.1) is 0 Å². The molecule has 1 aromatic carbocycles. The van der Waals surface area contributed by atoms with Gasteiger partial charge in [-0.05, 0) is 34.5 Å². The van der Waals surface area contributed by atoms with Crippen molar-refractivity contribution in [2.24, 2.45) is 7.05 Å². The molecule has 0 aliphatic heterocycles. The number of pyridine rings is 1. The van der Waals surface area contributed by atoms with Gasteiger partial charge in [0.15, 0.2) is 0 Å². The smallest absolute Gasteiger partial charge is 0.368 e. The monoisotopic (exact) mass is 437 g/mol. The molecule has 11 nitrogen and oxygen atoms in total. The Bertz CT molecular complexity index is 1290. The van der Waals surface area contributed by atoms with Crippen LogP contribution < -0.4 is 19.9 Å². The van der Waals surface area contributed by atoms with Gasteiger partial charge in [-0.15, -0.1) is 5.10 Å². The zero-order chi connectivity index (χ0) is 22.7. The number of tetrazole rings is 1. The molecule has 0 bridgehead atoms. The third-order valence-corrected chi connectivity index (χ3v) is 4.97. The zero-order valence-electron chi connectivity index (χ0n) is 18.2. The molecule has 4 rings (SSSR count). The van der Waals surface area contributed by atoms with Crippen LogP contribution in [-0.4, -0.2) is 48.8 Å². The number of ether oxygens (including phenoxy) is 3. The minimum atomic E-state index is -0.331. The lowest BCUT2D eigenvalue weighted by molar-refractivity contribution is 0.290. The highest BCUT2D eigenvalue weighted by molar-refractivity contribution is 5.46. The topological polar surface area (TPSA) is 111 Å². The molecule has 0 saturated heterocycles. The van der Waals surface area contributed by atoms with E-state index in [1.165, 1.54) is 16.5 Å². The van der Waals surface area contributed by atoms with Crippen molar-refractivity contribution < 1.29 is 14.2 Å². The fourth-order valence-corrected chi connectivity index (χ4v) is 3.30. The maximum Gasteiger partial charge on any atom is 0.368 e. The third kappa shape index (κ3) is 3.92. The molecule has 0 unspecified atom stereocenters. The summed E-state index contributed by atoms with van der Waals surface area (Å²) in [6, 6.07) is 11.0. The van der Waals surface area contributed by atoms with E-state index in [0.717, 1.165) is 17.5 Å². The van der Waals surface area contributed by atoms with E-state index in [4.69, 9.17) is 14.2 Å². The molecule has 166 valence electrons. The van der Waals surface area contributed by atoms with Gasteiger partial charge in [0, 0.05) is 30.9 Å². The molecule has 0 saturated carbocycles. The van der Waals surface area contributed by atoms with E-state index in [-0.39, 0.29) is 12.3 Å². The summed E-state index contributed by atoms with van der Waals surface area (Å²) in [5.41, 5.74) is 2.83. The van der Waals surface area contributed by atoms with E-state index in [1.807, 2.05) is 25.1 Å². The highest BCUT2D eigenvalue weighted by Crippen LogP contribution is 2.25. The van der Waals surface area contributed by atoms with Crippen molar-refractivity contribution in [3.8, 4) is 29.0 Å². The van der Waals surface area contributed by atoms with Crippen LogP contribution >= 0.6 is 0 Å². The van der Waals surface area contributed by atoms with E-state index in [0.29, 0.717) is 29.0 Å². The summed E-state index contributed by atoms with van der Waals surface area (Å²) in [4.78, 5) is 16.7. The lowest BCUT2D eigenvalue weighted by Crippen LogP contribution is -2.23. The minimum absolute atomic E-state index is 0.206. The first kappa shape index (κ1) is 21.1. The van der Waals surface area contributed by atoms with E-state index in [2.05, 4.69) is 20.5 Å². The molecular weight excluding hydrogens is 414 g/mol. The van der Waals surface area contributed by atoms with E-state index >= 15 is 0 Å². The summed E-state index contributed by atoms with van der Waals surface area (Å²) in [5.74, 6) is 1.23. The van der Waals surface area contributed by atoms with Gasteiger partial charge < -0.3 is 14.2 Å². The average Bonchev–Trinajstić information content (AvgIpc) is 3.43. The number of aromatic nitrogens is 7. The van der Waals surface area contributed by atoms with Gasteiger partial charge in [-0.25, -0.2) is 9.48 Å². The van der Waals surface area contributed by atoms with Crippen LogP contribution in [0.5, 0.6) is 17.6 Å². The summed E-state index contributed by atoms with van der Waals surface area (Å²) in [6.07, 6.45) is 2.52. The summed E-state index contributed by atoms with van der Waals surface area (Å²) in [6.45, 7) is 2.25. The van der Waals surface area contributed by atoms with Crippen LogP contribution in [0.3, 0.4) is 0 Å². The zero-order valence-corrected chi connectivity index (χ0v) is 18.2. The molecule has 0 atom stereocenters. The molecule has 0 N–H and O–H groups in total. The van der Waals surface area contributed by atoms with Crippen molar-refractivity contribution in [3.63, 3.8) is 0 Å². The van der Waals surface area contributed by atoms with Gasteiger partial charge in [0.1, 0.15) is 12.3 Å². The largest absolute Gasteiger partial charge is 0.481 e. The molecular formula is C21H23N7O4. The minimum Gasteiger partial charge on any atom is -0.481 e.